The van der Waals surface area contributed by atoms with Crippen LogP contribution in [0.2, 0.25) is 5.02 Å². The number of nitrogens with zero attached hydrogens (tertiary/aromatic N) is 1. The molecule has 0 aliphatic carbocycles. The van der Waals surface area contributed by atoms with Crippen LogP contribution in [0.25, 0.3) is 0 Å². The van der Waals surface area contributed by atoms with Gasteiger partial charge in [0.05, 0.1) is 18.1 Å². The molecule has 1 fully saturated rings. The maximum atomic E-state index is 12.9. The predicted molar refractivity (Wildman–Crippen MR) is 105 cm³/mol. The lowest BCUT2D eigenvalue weighted by molar-refractivity contribution is -0.131. The first-order valence-corrected chi connectivity index (χ1v) is 9.39. The van der Waals surface area contributed by atoms with Crippen molar-refractivity contribution in [3.63, 3.8) is 0 Å². The summed E-state index contributed by atoms with van der Waals surface area (Å²) in [6.07, 6.45) is 0. The van der Waals surface area contributed by atoms with Gasteiger partial charge < -0.3 is 14.8 Å². The highest BCUT2D eigenvalue weighted by Crippen LogP contribution is 2.31. The summed E-state index contributed by atoms with van der Waals surface area (Å²) in [5, 5.41) is 3.35. The quantitative estimate of drug-likeness (QED) is 0.672. The summed E-state index contributed by atoms with van der Waals surface area (Å²) in [5.41, 5.74) is -0.490. The third-order valence-corrected chi connectivity index (χ3v) is 5.24. The highest BCUT2D eigenvalue weighted by atomic mass is 79.9. The normalized spacial score (nSPS) is 19.2. The van der Waals surface area contributed by atoms with Crippen LogP contribution in [-0.2, 0) is 10.3 Å². The fourth-order valence-corrected chi connectivity index (χ4v) is 3.67. The molecule has 2 aromatic rings. The Morgan fingerprint density at radius 3 is 2.70 bits per heavy atom. The molecule has 0 saturated carbocycles. The van der Waals surface area contributed by atoms with Crippen LogP contribution in [0.4, 0.5) is 4.79 Å². The van der Waals surface area contributed by atoms with Crippen molar-refractivity contribution in [3.8, 4) is 11.5 Å². The van der Waals surface area contributed by atoms with E-state index in [0.717, 1.165) is 4.90 Å². The zero-order valence-electron chi connectivity index (χ0n) is 14.8. The lowest BCUT2D eigenvalue weighted by Crippen LogP contribution is -2.41. The van der Waals surface area contributed by atoms with Crippen LogP contribution in [0.1, 0.15) is 12.5 Å². The lowest BCUT2D eigenvalue weighted by atomic mass is 9.92. The van der Waals surface area contributed by atoms with Crippen LogP contribution in [-0.4, -0.2) is 37.1 Å². The van der Waals surface area contributed by atoms with Crippen LogP contribution >= 0.6 is 27.5 Å². The van der Waals surface area contributed by atoms with Crippen molar-refractivity contribution in [2.45, 2.75) is 12.5 Å². The molecule has 0 radical (unpaired) electrons. The molecule has 0 aromatic heterocycles. The molecule has 6 nitrogen and oxygen atoms in total. The second kappa shape index (κ2) is 7.78. The number of imide groups is 1. The van der Waals surface area contributed by atoms with Gasteiger partial charge in [-0.15, -0.1) is 0 Å². The van der Waals surface area contributed by atoms with Crippen LogP contribution in [0.15, 0.2) is 46.9 Å². The number of nitrogens with one attached hydrogen (secondary N) is 1. The van der Waals surface area contributed by atoms with Gasteiger partial charge in [0.1, 0.15) is 23.6 Å². The van der Waals surface area contributed by atoms with E-state index in [1.807, 2.05) is 0 Å². The summed E-state index contributed by atoms with van der Waals surface area (Å²) in [5.74, 6) is 0.867. The van der Waals surface area contributed by atoms with Crippen molar-refractivity contribution in [1.29, 1.82) is 0 Å². The molecule has 0 unspecified atom stereocenters. The molecule has 1 heterocycles. The minimum atomic E-state index is -1.15. The van der Waals surface area contributed by atoms with Crippen molar-refractivity contribution in [2.24, 2.45) is 0 Å². The van der Waals surface area contributed by atoms with E-state index in [1.54, 1.807) is 56.5 Å². The standard InChI is InChI=1S/C19H18BrClN2O4/c1-19(12-4-3-5-14(10-12)26-2)17(24)23(18(25)22-19)8-9-27-16-7-6-13(21)11-15(16)20/h3-7,10-11H,8-9H2,1-2H3,(H,22,25)/t19-/m1/s1. The van der Waals surface area contributed by atoms with E-state index in [1.165, 1.54) is 0 Å². The number of methoxy groups -OCH3 is 1. The van der Waals surface area contributed by atoms with E-state index in [2.05, 4.69) is 21.2 Å². The molecule has 1 aliphatic heterocycles. The molecule has 2 aromatic carbocycles. The fraction of sp³-hybridized carbons (Fsp3) is 0.263. The maximum absolute atomic E-state index is 12.9. The number of carbonyl (C=O) groups is 2. The number of amides is 3. The Hall–Kier alpha value is -2.25. The van der Waals surface area contributed by atoms with Gasteiger partial charge in [0.15, 0.2) is 0 Å². The molecule has 1 N–H and O–H groups in total. The molecule has 1 atom stereocenters. The average Bonchev–Trinajstić information content (AvgIpc) is 2.87. The highest BCUT2D eigenvalue weighted by Gasteiger charge is 2.48. The van der Waals surface area contributed by atoms with Crippen LogP contribution in [0.5, 0.6) is 11.5 Å². The van der Waals surface area contributed by atoms with Gasteiger partial charge in [-0.2, -0.15) is 0 Å². The SMILES string of the molecule is COc1cccc([C@@]2(C)NC(=O)N(CCOc3ccc(Cl)cc3Br)C2=O)c1. The van der Waals surface area contributed by atoms with Gasteiger partial charge in [-0.25, -0.2) is 4.79 Å². The van der Waals surface area contributed by atoms with Crippen LogP contribution in [0.3, 0.4) is 0 Å². The Bertz CT molecular complexity index is 892. The van der Waals surface area contributed by atoms with Crippen LogP contribution in [0, 0.1) is 0 Å². The molecular formula is C19H18BrClN2O4. The lowest BCUT2D eigenvalue weighted by Gasteiger charge is -2.22. The first kappa shape index (κ1) is 19.5. The Labute approximate surface area is 170 Å². The van der Waals surface area contributed by atoms with Crippen molar-refractivity contribution < 1.29 is 19.1 Å². The Balaban J connectivity index is 1.70. The Morgan fingerprint density at radius 2 is 2.00 bits per heavy atom. The molecule has 3 amide bonds. The molecule has 3 rings (SSSR count). The van der Waals surface area contributed by atoms with Gasteiger partial charge in [-0.1, -0.05) is 23.7 Å². The molecule has 0 spiro atoms. The van der Waals surface area contributed by atoms with Crippen LogP contribution < -0.4 is 14.8 Å². The number of halogens is 2. The molecule has 1 saturated heterocycles. The second-order valence-corrected chi connectivity index (χ2v) is 7.46. The van der Waals surface area contributed by atoms with Gasteiger partial charge in [-0.05, 0) is 58.7 Å². The summed E-state index contributed by atoms with van der Waals surface area (Å²) in [6, 6.07) is 11.8. The number of ether oxygens (including phenoxy) is 2. The third kappa shape index (κ3) is 3.89. The largest absolute Gasteiger partial charge is 0.497 e. The van der Waals surface area contributed by atoms with E-state index in [0.29, 0.717) is 26.6 Å². The number of benzene rings is 2. The summed E-state index contributed by atoms with van der Waals surface area (Å²) in [4.78, 5) is 26.4. The topological polar surface area (TPSA) is 67.9 Å². The zero-order chi connectivity index (χ0) is 19.6. The van der Waals surface area contributed by atoms with Gasteiger partial charge in [0.25, 0.3) is 5.91 Å². The monoisotopic (exact) mass is 452 g/mol. The first-order chi connectivity index (χ1) is 12.8. The minimum absolute atomic E-state index is 0.124. The van der Waals surface area contributed by atoms with E-state index < -0.39 is 11.6 Å². The highest BCUT2D eigenvalue weighted by molar-refractivity contribution is 9.10. The van der Waals surface area contributed by atoms with Crippen molar-refractivity contribution >= 4 is 39.5 Å². The summed E-state index contributed by atoms with van der Waals surface area (Å²) in [6.45, 7) is 1.96. The fourth-order valence-electron chi connectivity index (χ4n) is 2.87. The van der Waals surface area contributed by atoms with Gasteiger partial charge in [-0.3, -0.25) is 9.69 Å². The molecule has 27 heavy (non-hydrogen) atoms. The van der Waals surface area contributed by atoms with E-state index in [9.17, 15) is 9.59 Å². The third-order valence-electron chi connectivity index (χ3n) is 4.39. The summed E-state index contributed by atoms with van der Waals surface area (Å²) < 4.78 is 11.6. The van der Waals surface area contributed by atoms with Crippen molar-refractivity contribution in [1.82, 2.24) is 10.2 Å². The van der Waals surface area contributed by atoms with Gasteiger partial charge >= 0.3 is 6.03 Å². The molecular weight excluding hydrogens is 436 g/mol. The van der Waals surface area contributed by atoms with Crippen molar-refractivity contribution in [3.05, 3.63) is 57.5 Å². The maximum Gasteiger partial charge on any atom is 0.325 e. The van der Waals surface area contributed by atoms with Crippen molar-refractivity contribution in [2.75, 3.05) is 20.3 Å². The number of rotatable bonds is 6. The molecule has 0 bridgehead atoms. The number of hydrogen-bond acceptors (Lipinski definition) is 4. The van der Waals surface area contributed by atoms with E-state index in [-0.39, 0.29) is 19.1 Å². The first-order valence-electron chi connectivity index (χ1n) is 8.21. The Morgan fingerprint density at radius 1 is 1.22 bits per heavy atom. The molecule has 142 valence electrons. The molecule has 1 aliphatic rings. The summed E-state index contributed by atoms with van der Waals surface area (Å²) in [7, 11) is 1.55. The number of carbonyl (C=O) groups excluding carboxylic acids is 2. The second-order valence-electron chi connectivity index (χ2n) is 6.17. The number of hydrogen-bond donors (Lipinski definition) is 1. The van der Waals surface area contributed by atoms with E-state index in [4.69, 9.17) is 21.1 Å². The summed E-state index contributed by atoms with van der Waals surface area (Å²) >= 11 is 9.27. The Kier molecular flexibility index (Phi) is 5.62. The van der Waals surface area contributed by atoms with E-state index >= 15 is 0 Å². The van der Waals surface area contributed by atoms with Gasteiger partial charge in [0.2, 0.25) is 0 Å². The average molecular weight is 454 g/mol. The predicted octanol–water partition coefficient (Wildman–Crippen LogP) is 3.96. The minimum Gasteiger partial charge on any atom is -0.497 e. The molecule has 8 heteroatoms. The zero-order valence-corrected chi connectivity index (χ0v) is 17.1. The van der Waals surface area contributed by atoms with Gasteiger partial charge in [0, 0.05) is 5.02 Å². The number of urea groups is 1. The smallest absolute Gasteiger partial charge is 0.325 e.